The molecule has 4 aromatic rings. The second kappa shape index (κ2) is 15.3. The molecule has 2 aliphatic carbocycles. The lowest BCUT2D eigenvalue weighted by molar-refractivity contribution is -0.149. The van der Waals surface area contributed by atoms with Crippen LogP contribution in [0, 0.1) is 23.7 Å². The number of para-hydroxylation sites is 4. The molecule has 0 spiro atoms. The molecule has 5 aliphatic rings. The average Bonchev–Trinajstić information content (AvgIpc) is 3.45. The Balaban J connectivity index is 0.000000162. The van der Waals surface area contributed by atoms with Crippen molar-refractivity contribution in [1.82, 2.24) is 10.6 Å². The largest absolute Gasteiger partial charge is 0.481 e. The number of urea groups is 1. The number of carboxylic acids is 3. The molecule has 3 heterocycles. The lowest BCUT2D eigenvalue weighted by atomic mass is 9.60. The summed E-state index contributed by atoms with van der Waals surface area (Å²) >= 11 is 0. The van der Waals surface area contributed by atoms with Gasteiger partial charge in [0, 0.05) is 46.9 Å². The molecule has 58 heavy (non-hydrogen) atoms. The highest BCUT2D eigenvalue weighted by Gasteiger charge is 2.57. The maximum absolute atomic E-state index is 13.0. The summed E-state index contributed by atoms with van der Waals surface area (Å²) in [6.07, 6.45) is 3.05. The number of amides is 3. The van der Waals surface area contributed by atoms with Crippen LogP contribution in [-0.4, -0.2) is 56.2 Å². The summed E-state index contributed by atoms with van der Waals surface area (Å²) in [6, 6.07) is 30.3. The van der Waals surface area contributed by atoms with Gasteiger partial charge in [-0.2, -0.15) is 0 Å². The molecule has 0 radical (unpaired) electrons. The quantitative estimate of drug-likeness (QED) is 0.0852. The fourth-order valence-corrected chi connectivity index (χ4v) is 9.77. The van der Waals surface area contributed by atoms with Crippen LogP contribution in [0.5, 0.6) is 23.0 Å². The Morgan fingerprint density at radius 1 is 0.655 bits per heavy atom. The first-order chi connectivity index (χ1) is 27.8. The van der Waals surface area contributed by atoms with Gasteiger partial charge in [0.1, 0.15) is 34.1 Å². The van der Waals surface area contributed by atoms with Crippen molar-refractivity contribution in [3.8, 4) is 23.0 Å². The van der Waals surface area contributed by atoms with E-state index in [4.69, 9.17) is 25.4 Å². The van der Waals surface area contributed by atoms with Crippen LogP contribution >= 0.6 is 0 Å². The van der Waals surface area contributed by atoms with Crippen LogP contribution in [0.15, 0.2) is 97.1 Å². The zero-order valence-electron chi connectivity index (χ0n) is 31.6. The number of imide groups is 1. The Hall–Kier alpha value is -6.21. The van der Waals surface area contributed by atoms with Crippen molar-refractivity contribution in [1.29, 1.82) is 0 Å². The number of nitrogens with one attached hydrogen (secondary N) is 2. The normalized spacial score (nSPS) is 25.1. The van der Waals surface area contributed by atoms with Crippen LogP contribution in [-0.2, 0) is 19.2 Å². The molecular weight excluding hydrogens is 743 g/mol. The van der Waals surface area contributed by atoms with Gasteiger partial charge >= 0.3 is 23.9 Å². The Labute approximate surface area is 334 Å². The molecule has 3 aliphatic heterocycles. The number of hydrogen-bond donors (Lipinski definition) is 6. The molecule has 3 amide bonds. The highest BCUT2D eigenvalue weighted by Crippen LogP contribution is 2.53. The van der Waals surface area contributed by atoms with E-state index in [1.165, 1.54) is 0 Å². The van der Waals surface area contributed by atoms with Gasteiger partial charge in [0.25, 0.3) is 5.91 Å². The maximum atomic E-state index is 13.0. The SMILES string of the molecule is NC(CC1c2ccccc2Oc2ccccc21)(C(=O)O)[C@H]1C[C@H](CC(=O)O)C1.O=C(O)CC1CC(C2(CC3c4ccccc4Oc4ccccc43)NC(=O)NC2=O)C1. The monoisotopic (exact) mass is 787 g/mol. The number of carboxylic acid groups (broad SMARTS) is 3. The molecule has 9 rings (SSSR count). The minimum atomic E-state index is -1.42. The Morgan fingerprint density at radius 3 is 1.47 bits per heavy atom. The van der Waals surface area contributed by atoms with Crippen molar-refractivity contribution in [3.05, 3.63) is 119 Å². The van der Waals surface area contributed by atoms with Crippen LogP contribution in [0.3, 0.4) is 0 Å². The van der Waals surface area contributed by atoms with Gasteiger partial charge in [-0.05, 0) is 86.5 Å². The van der Waals surface area contributed by atoms with E-state index in [1.807, 2.05) is 97.1 Å². The summed E-state index contributed by atoms with van der Waals surface area (Å²) in [5.74, 6) is -0.747. The predicted molar refractivity (Wildman–Crippen MR) is 210 cm³/mol. The molecule has 0 aromatic heterocycles. The van der Waals surface area contributed by atoms with E-state index in [0.29, 0.717) is 32.1 Å². The lowest BCUT2D eigenvalue weighted by Gasteiger charge is -2.46. The van der Waals surface area contributed by atoms with Gasteiger partial charge in [-0.1, -0.05) is 72.8 Å². The number of carbonyl (C=O) groups is 5. The van der Waals surface area contributed by atoms with E-state index >= 15 is 0 Å². The van der Waals surface area contributed by atoms with Crippen LogP contribution in [0.2, 0.25) is 0 Å². The van der Waals surface area contributed by atoms with Gasteiger partial charge < -0.3 is 35.8 Å². The van der Waals surface area contributed by atoms with E-state index in [0.717, 1.165) is 45.3 Å². The number of aliphatic carboxylic acids is 3. The summed E-state index contributed by atoms with van der Waals surface area (Å²) in [7, 11) is 0. The smallest absolute Gasteiger partial charge is 0.323 e. The second-order valence-corrected chi connectivity index (χ2v) is 16.4. The standard InChI is InChI=1S/C23H22N2O5.C22H23NO5/c26-20(27)11-13-9-14(10-13)23(21(28)24-22(29)25-23)12-17-15-5-1-3-7-18(15)30-19-8-4-2-6-16(17)19;23-22(21(26)27,14-9-13(10-14)11-20(24)25)12-17-15-5-1-3-7-18(15)28-19-8-4-2-6-16(17)19/h1-8,13-14,17H,9-12H2,(H,26,27)(H2,24,25,28,29);1-8,13-14,17H,9-12,23H2,(H,24,25)(H,26,27)/t;13-,14-,22?. The number of rotatable bonds is 11. The van der Waals surface area contributed by atoms with Gasteiger partial charge in [-0.3, -0.25) is 24.5 Å². The van der Waals surface area contributed by atoms with Crippen molar-refractivity contribution in [3.63, 3.8) is 0 Å². The minimum absolute atomic E-state index is 0.000892. The van der Waals surface area contributed by atoms with Crippen molar-refractivity contribution >= 4 is 29.8 Å². The molecule has 4 aromatic carbocycles. The Kier molecular flexibility index (Phi) is 10.2. The fraction of sp³-hybridized carbons (Fsp3) is 0.356. The molecule has 2 saturated carbocycles. The van der Waals surface area contributed by atoms with Crippen LogP contribution in [0.25, 0.3) is 0 Å². The Bertz CT molecular complexity index is 2190. The van der Waals surface area contributed by atoms with E-state index in [9.17, 15) is 29.1 Å². The first-order valence-corrected chi connectivity index (χ1v) is 19.7. The van der Waals surface area contributed by atoms with Crippen molar-refractivity contribution in [2.24, 2.45) is 29.4 Å². The van der Waals surface area contributed by atoms with E-state index in [2.05, 4.69) is 10.6 Å². The number of hydrogen-bond acceptors (Lipinski definition) is 8. The number of nitrogens with two attached hydrogens (primary N) is 1. The second-order valence-electron chi connectivity index (χ2n) is 16.4. The van der Waals surface area contributed by atoms with Crippen LogP contribution in [0.4, 0.5) is 4.79 Å². The fourth-order valence-electron chi connectivity index (χ4n) is 9.77. The molecule has 2 unspecified atom stereocenters. The highest BCUT2D eigenvalue weighted by molar-refractivity contribution is 6.07. The first-order valence-electron chi connectivity index (χ1n) is 19.7. The van der Waals surface area contributed by atoms with Gasteiger partial charge in [0.05, 0.1) is 0 Å². The third kappa shape index (κ3) is 7.15. The summed E-state index contributed by atoms with van der Waals surface area (Å²) in [5.41, 5.74) is 7.83. The molecule has 0 bridgehead atoms. The van der Waals surface area contributed by atoms with Gasteiger partial charge in [-0.25, -0.2) is 4.79 Å². The highest BCUT2D eigenvalue weighted by atomic mass is 16.5. The number of fused-ring (bicyclic) bond motifs is 4. The summed E-state index contributed by atoms with van der Waals surface area (Å²) < 4.78 is 12.1. The molecule has 1 saturated heterocycles. The topological polar surface area (TPSA) is 215 Å². The van der Waals surface area contributed by atoms with E-state index < -0.39 is 35.0 Å². The molecule has 13 nitrogen and oxygen atoms in total. The molecule has 13 heteroatoms. The first kappa shape index (κ1) is 38.7. The van der Waals surface area contributed by atoms with E-state index in [1.54, 1.807) is 0 Å². The number of carbonyl (C=O) groups excluding carboxylic acids is 2. The molecular formula is C45H45N3O10. The summed E-state index contributed by atoms with van der Waals surface area (Å²) in [5, 5.41) is 33.4. The molecule has 2 atom stereocenters. The lowest BCUT2D eigenvalue weighted by Crippen LogP contribution is -2.59. The third-order valence-corrected chi connectivity index (χ3v) is 12.9. The zero-order chi connectivity index (χ0) is 40.8. The van der Waals surface area contributed by atoms with Gasteiger partial charge in [-0.15, -0.1) is 0 Å². The molecule has 7 N–H and O–H groups in total. The predicted octanol–water partition coefficient (Wildman–Crippen LogP) is 6.99. The van der Waals surface area contributed by atoms with Crippen LogP contribution < -0.4 is 25.8 Å². The zero-order valence-corrected chi connectivity index (χ0v) is 31.6. The van der Waals surface area contributed by atoms with E-state index in [-0.39, 0.29) is 60.7 Å². The van der Waals surface area contributed by atoms with Gasteiger partial charge in [0.2, 0.25) is 0 Å². The molecule has 300 valence electrons. The van der Waals surface area contributed by atoms with Crippen molar-refractivity contribution < 1.29 is 48.8 Å². The van der Waals surface area contributed by atoms with Gasteiger partial charge in [0.15, 0.2) is 0 Å². The van der Waals surface area contributed by atoms with Crippen molar-refractivity contribution in [2.75, 3.05) is 0 Å². The number of ether oxygens (including phenoxy) is 2. The minimum Gasteiger partial charge on any atom is -0.481 e. The summed E-state index contributed by atoms with van der Waals surface area (Å²) in [6.45, 7) is 0. The summed E-state index contributed by atoms with van der Waals surface area (Å²) in [4.78, 5) is 59.4. The third-order valence-electron chi connectivity index (χ3n) is 12.9. The number of benzene rings is 4. The maximum Gasteiger partial charge on any atom is 0.323 e. The van der Waals surface area contributed by atoms with Crippen LogP contribution in [0.1, 0.15) is 85.5 Å². The average molecular weight is 788 g/mol. The van der Waals surface area contributed by atoms with Crippen molar-refractivity contribution in [2.45, 2.75) is 74.3 Å². The molecule has 3 fully saturated rings. The Morgan fingerprint density at radius 2 is 1.07 bits per heavy atom.